The van der Waals surface area contributed by atoms with Crippen LogP contribution in [0.5, 0.6) is 0 Å². The van der Waals surface area contributed by atoms with Crippen molar-refractivity contribution in [2.75, 3.05) is 13.1 Å². The van der Waals surface area contributed by atoms with Crippen LogP contribution in [0.2, 0.25) is 0 Å². The topological polar surface area (TPSA) is 12.0 Å². The van der Waals surface area contributed by atoms with Crippen molar-refractivity contribution in [2.24, 2.45) is 11.8 Å². The molecule has 3 rings (SSSR count). The quantitative estimate of drug-likeness (QED) is 0.838. The Labute approximate surface area is 117 Å². The van der Waals surface area contributed by atoms with Crippen LogP contribution in [-0.4, -0.2) is 13.1 Å². The smallest absolute Gasteiger partial charge is 0.00120 e. The summed E-state index contributed by atoms with van der Waals surface area (Å²) in [5.41, 5.74) is 4.56. The molecule has 1 heterocycles. The molecule has 1 nitrogen and oxygen atoms in total. The maximum absolute atomic E-state index is 3.65. The van der Waals surface area contributed by atoms with Crippen molar-refractivity contribution in [3.8, 4) is 0 Å². The highest BCUT2D eigenvalue weighted by Gasteiger charge is 2.34. The van der Waals surface area contributed by atoms with Gasteiger partial charge in [-0.2, -0.15) is 0 Å². The lowest BCUT2D eigenvalue weighted by molar-refractivity contribution is 0.230. The summed E-state index contributed by atoms with van der Waals surface area (Å²) in [4.78, 5) is 0. The maximum Gasteiger partial charge on any atom is -0.00120 e. The van der Waals surface area contributed by atoms with Crippen LogP contribution in [0.25, 0.3) is 0 Å². The first-order valence-electron chi connectivity index (χ1n) is 8.03. The molecule has 1 aromatic carbocycles. The van der Waals surface area contributed by atoms with Crippen molar-refractivity contribution < 1.29 is 0 Å². The van der Waals surface area contributed by atoms with E-state index in [0.717, 1.165) is 17.8 Å². The lowest BCUT2D eigenvalue weighted by Gasteiger charge is -2.37. The molecule has 0 aromatic heterocycles. The van der Waals surface area contributed by atoms with Gasteiger partial charge in [-0.25, -0.2) is 0 Å². The number of aryl methyl sites for hydroxylation is 2. The van der Waals surface area contributed by atoms with Crippen molar-refractivity contribution in [1.29, 1.82) is 0 Å². The molecule has 104 valence electrons. The average molecular weight is 257 g/mol. The summed E-state index contributed by atoms with van der Waals surface area (Å²) in [6.45, 7) is 6.96. The van der Waals surface area contributed by atoms with Gasteiger partial charge in [-0.05, 0) is 62.2 Å². The first-order chi connectivity index (χ1) is 9.25. The van der Waals surface area contributed by atoms with E-state index in [-0.39, 0.29) is 0 Å². The van der Waals surface area contributed by atoms with Crippen LogP contribution >= 0.6 is 0 Å². The van der Waals surface area contributed by atoms with E-state index in [1.54, 1.807) is 5.56 Å². The highest BCUT2D eigenvalue weighted by molar-refractivity contribution is 5.34. The molecule has 0 bridgehead atoms. The molecule has 1 heteroatoms. The van der Waals surface area contributed by atoms with Gasteiger partial charge < -0.3 is 5.32 Å². The minimum atomic E-state index is 0.796. The summed E-state index contributed by atoms with van der Waals surface area (Å²) in [5.74, 6) is 2.64. The number of benzene rings is 1. The van der Waals surface area contributed by atoms with Gasteiger partial charge >= 0.3 is 0 Å². The van der Waals surface area contributed by atoms with E-state index >= 15 is 0 Å². The zero-order valence-corrected chi connectivity index (χ0v) is 12.4. The minimum Gasteiger partial charge on any atom is -0.316 e. The van der Waals surface area contributed by atoms with Gasteiger partial charge in [-0.1, -0.05) is 49.4 Å². The Morgan fingerprint density at radius 2 is 1.84 bits per heavy atom. The minimum absolute atomic E-state index is 0.796. The predicted molar refractivity (Wildman–Crippen MR) is 81.6 cm³/mol. The summed E-state index contributed by atoms with van der Waals surface area (Å²) in [5, 5.41) is 3.65. The second-order valence-electron chi connectivity index (χ2n) is 6.67. The highest BCUT2D eigenvalue weighted by atomic mass is 14.9. The Morgan fingerprint density at radius 1 is 1.05 bits per heavy atom. The van der Waals surface area contributed by atoms with Gasteiger partial charge in [-0.3, -0.25) is 0 Å². The summed E-state index contributed by atoms with van der Waals surface area (Å²) in [6, 6.07) is 7.02. The summed E-state index contributed by atoms with van der Waals surface area (Å²) < 4.78 is 0. The summed E-state index contributed by atoms with van der Waals surface area (Å²) in [6.07, 6.45) is 7.17. The third-order valence-electron chi connectivity index (χ3n) is 5.37. The van der Waals surface area contributed by atoms with Crippen molar-refractivity contribution in [3.05, 3.63) is 34.9 Å². The van der Waals surface area contributed by atoms with E-state index < -0.39 is 0 Å². The zero-order chi connectivity index (χ0) is 13.2. The fraction of sp³-hybridized carbons (Fsp3) is 0.667. The van der Waals surface area contributed by atoms with Crippen LogP contribution in [0.4, 0.5) is 0 Å². The van der Waals surface area contributed by atoms with Crippen molar-refractivity contribution >= 4 is 0 Å². The molecule has 2 fully saturated rings. The van der Waals surface area contributed by atoms with Gasteiger partial charge in [0.05, 0.1) is 0 Å². The standard InChI is InChI=1S/C18H27N/c1-13-7-8-14(2)17(11-13)16-9-10-19-12-18(16)15-5-3-4-6-15/h7-8,11,15-16,18-19H,3-6,9-10,12H2,1-2H3. The van der Waals surface area contributed by atoms with E-state index in [0.29, 0.717) is 0 Å². The third-order valence-corrected chi connectivity index (χ3v) is 5.37. The van der Waals surface area contributed by atoms with E-state index in [1.807, 2.05) is 0 Å². The molecule has 1 aliphatic heterocycles. The number of rotatable bonds is 2. The molecule has 1 saturated carbocycles. The van der Waals surface area contributed by atoms with Crippen LogP contribution in [-0.2, 0) is 0 Å². The Morgan fingerprint density at radius 3 is 2.63 bits per heavy atom. The monoisotopic (exact) mass is 257 g/mol. The van der Waals surface area contributed by atoms with Crippen molar-refractivity contribution in [3.63, 3.8) is 0 Å². The molecule has 2 aliphatic rings. The van der Waals surface area contributed by atoms with Crippen LogP contribution in [0.15, 0.2) is 18.2 Å². The van der Waals surface area contributed by atoms with Crippen molar-refractivity contribution in [1.82, 2.24) is 5.32 Å². The first kappa shape index (κ1) is 13.2. The lowest BCUT2D eigenvalue weighted by atomic mass is 9.72. The van der Waals surface area contributed by atoms with Gasteiger partial charge in [0.1, 0.15) is 0 Å². The zero-order valence-electron chi connectivity index (χ0n) is 12.4. The van der Waals surface area contributed by atoms with E-state index in [9.17, 15) is 0 Å². The highest BCUT2D eigenvalue weighted by Crippen LogP contribution is 2.42. The fourth-order valence-corrected chi connectivity index (χ4v) is 4.31. The normalized spacial score (nSPS) is 28.7. The number of nitrogens with one attached hydrogen (secondary N) is 1. The van der Waals surface area contributed by atoms with Gasteiger partial charge in [0.2, 0.25) is 0 Å². The maximum atomic E-state index is 3.65. The lowest BCUT2D eigenvalue weighted by Crippen LogP contribution is -2.39. The Kier molecular flexibility index (Phi) is 3.93. The molecule has 1 N–H and O–H groups in total. The summed E-state index contributed by atoms with van der Waals surface area (Å²) >= 11 is 0. The molecule has 0 spiro atoms. The Bertz CT molecular complexity index is 431. The molecule has 1 saturated heterocycles. The van der Waals surface area contributed by atoms with Crippen LogP contribution < -0.4 is 5.32 Å². The van der Waals surface area contributed by atoms with Gasteiger partial charge in [0.15, 0.2) is 0 Å². The molecule has 2 atom stereocenters. The fourth-order valence-electron chi connectivity index (χ4n) is 4.31. The van der Waals surface area contributed by atoms with Crippen LogP contribution in [0.1, 0.15) is 54.7 Å². The Hall–Kier alpha value is -0.820. The number of piperidine rings is 1. The van der Waals surface area contributed by atoms with E-state index in [2.05, 4.69) is 37.4 Å². The molecule has 2 unspecified atom stereocenters. The van der Waals surface area contributed by atoms with Gasteiger partial charge in [-0.15, -0.1) is 0 Å². The molecule has 19 heavy (non-hydrogen) atoms. The number of hydrogen-bond acceptors (Lipinski definition) is 1. The van der Waals surface area contributed by atoms with Crippen molar-refractivity contribution in [2.45, 2.75) is 51.9 Å². The molecule has 1 aromatic rings. The number of hydrogen-bond donors (Lipinski definition) is 1. The SMILES string of the molecule is Cc1ccc(C)c(C2CCNCC2C2CCCC2)c1. The van der Waals surface area contributed by atoms with Crippen LogP contribution in [0.3, 0.4) is 0 Å². The second kappa shape index (κ2) is 5.66. The third kappa shape index (κ3) is 2.72. The molecule has 1 aliphatic carbocycles. The van der Waals surface area contributed by atoms with Crippen LogP contribution in [0, 0.1) is 25.7 Å². The largest absolute Gasteiger partial charge is 0.316 e. The predicted octanol–water partition coefficient (Wildman–Crippen LogP) is 4.19. The van der Waals surface area contributed by atoms with E-state index in [4.69, 9.17) is 0 Å². The molecular formula is C18H27N. The first-order valence-corrected chi connectivity index (χ1v) is 8.03. The molecule has 0 amide bonds. The molecular weight excluding hydrogens is 230 g/mol. The Balaban J connectivity index is 1.88. The van der Waals surface area contributed by atoms with E-state index in [1.165, 1.54) is 56.3 Å². The average Bonchev–Trinajstić information content (AvgIpc) is 2.95. The molecule has 0 radical (unpaired) electrons. The van der Waals surface area contributed by atoms with Gasteiger partial charge in [0.25, 0.3) is 0 Å². The van der Waals surface area contributed by atoms with Gasteiger partial charge in [0, 0.05) is 0 Å². The summed E-state index contributed by atoms with van der Waals surface area (Å²) in [7, 11) is 0. The second-order valence-corrected chi connectivity index (χ2v) is 6.67.